The number of alkyl carbamates (subject to hydrolysis) is 1. The number of aromatic nitrogens is 3. The van der Waals surface area contributed by atoms with Gasteiger partial charge in [0.15, 0.2) is 35.8 Å². The third kappa shape index (κ3) is 9.90. The molecule has 4 rings (SSSR count). The number of rotatable bonds is 10. The first-order valence-corrected chi connectivity index (χ1v) is 15.4. The largest absolute Gasteiger partial charge is 0.467 e. The van der Waals surface area contributed by atoms with Gasteiger partial charge < -0.3 is 43.2 Å². The summed E-state index contributed by atoms with van der Waals surface area (Å²) in [7, 11) is 0.915. The highest BCUT2D eigenvalue weighted by Gasteiger charge is 2.56. The molecule has 1 aromatic carbocycles. The van der Waals surface area contributed by atoms with Gasteiger partial charge in [-0.25, -0.2) is 22.8 Å². The second kappa shape index (κ2) is 16.5. The number of halogens is 6. The number of hydrogen-bond acceptors (Lipinski definition) is 14. The lowest BCUT2D eigenvalue weighted by Crippen LogP contribution is -2.64. The minimum atomic E-state index is -4.83. The number of nitrogens with one attached hydrogen (secondary N) is 1. The Morgan fingerprint density at radius 3 is 2.08 bits per heavy atom. The highest BCUT2D eigenvalue weighted by Crippen LogP contribution is 2.31. The summed E-state index contributed by atoms with van der Waals surface area (Å²) >= 11 is 0. The Kier molecular flexibility index (Phi) is 12.5. The van der Waals surface area contributed by atoms with Crippen molar-refractivity contribution in [2.24, 2.45) is 0 Å². The van der Waals surface area contributed by atoms with Crippen LogP contribution in [0.2, 0.25) is 0 Å². The Bertz CT molecular complexity index is 1760. The second-order valence-corrected chi connectivity index (χ2v) is 11.6. The van der Waals surface area contributed by atoms with Crippen LogP contribution < -0.4 is 5.32 Å². The van der Waals surface area contributed by atoms with E-state index in [1.807, 2.05) is 0 Å². The first kappa shape index (κ1) is 40.3. The fraction of sp³-hybridized carbons (Fsp3) is 0.533. The molecule has 2 aliphatic heterocycles. The summed E-state index contributed by atoms with van der Waals surface area (Å²) in [5.41, 5.74) is -0.521. The standard InChI is InChI=1S/C30H31F6N5O12/c1-12(42)49-22-23(50-13(2)43)25(51-14(3)44)27(52-24(22)26(46)48-4)53-29(47)37-16(7-15-8-18(32)19(33)10-17(15)31)9-21(45)40-5-6-41-20(11-40)38-39-28(41)30(34,35)36/h8,10,16,22-25,27H,5-7,9,11H2,1-4H3,(H,37,47)/t16-,22?,23?,24?,25?,27?/m0/s1. The lowest BCUT2D eigenvalue weighted by atomic mass is 9.97. The monoisotopic (exact) mass is 767 g/mol. The van der Waals surface area contributed by atoms with Gasteiger partial charge in [0.1, 0.15) is 5.82 Å². The molecular formula is C30H31F6N5O12. The zero-order valence-electron chi connectivity index (χ0n) is 28.1. The first-order valence-electron chi connectivity index (χ1n) is 15.4. The molecular weight excluding hydrogens is 736 g/mol. The van der Waals surface area contributed by atoms with Gasteiger partial charge in [-0.1, -0.05) is 0 Å². The lowest BCUT2D eigenvalue weighted by Gasteiger charge is -2.42. The van der Waals surface area contributed by atoms with Crippen LogP contribution in [0.1, 0.15) is 44.4 Å². The van der Waals surface area contributed by atoms with E-state index in [2.05, 4.69) is 20.3 Å². The predicted octanol–water partition coefficient (Wildman–Crippen LogP) is 1.48. The van der Waals surface area contributed by atoms with Crippen LogP contribution in [0.15, 0.2) is 12.1 Å². The van der Waals surface area contributed by atoms with Gasteiger partial charge in [0.2, 0.25) is 24.1 Å². The van der Waals surface area contributed by atoms with Crippen molar-refractivity contribution in [2.45, 2.75) is 89.6 Å². The van der Waals surface area contributed by atoms with Gasteiger partial charge in [-0.15, -0.1) is 10.2 Å². The van der Waals surface area contributed by atoms with Crippen LogP contribution in [0.3, 0.4) is 0 Å². The maximum Gasteiger partial charge on any atom is 0.451 e. The zero-order chi connectivity index (χ0) is 39.4. The number of ether oxygens (including phenoxy) is 6. The molecule has 1 saturated heterocycles. The summed E-state index contributed by atoms with van der Waals surface area (Å²) in [6.07, 6.45) is -17.4. The van der Waals surface area contributed by atoms with Gasteiger partial charge in [0, 0.05) is 52.4 Å². The van der Waals surface area contributed by atoms with E-state index >= 15 is 0 Å². The number of esters is 4. The summed E-state index contributed by atoms with van der Waals surface area (Å²) < 4.78 is 114. The van der Waals surface area contributed by atoms with Crippen LogP contribution in [0.5, 0.6) is 0 Å². The molecule has 2 amide bonds. The van der Waals surface area contributed by atoms with Gasteiger partial charge in [-0.2, -0.15) is 13.2 Å². The molecule has 0 aliphatic carbocycles. The molecule has 0 radical (unpaired) electrons. The average molecular weight is 768 g/mol. The minimum absolute atomic E-state index is 0.215. The van der Waals surface area contributed by atoms with Crippen LogP contribution in [-0.2, 0) is 78.1 Å². The molecule has 0 saturated carbocycles. The molecule has 0 bridgehead atoms. The molecule has 2 aliphatic rings. The summed E-state index contributed by atoms with van der Waals surface area (Å²) in [6.45, 7) is 1.66. The average Bonchev–Trinajstić information content (AvgIpc) is 3.49. The van der Waals surface area contributed by atoms with E-state index in [0.29, 0.717) is 6.07 Å². The first-order chi connectivity index (χ1) is 24.8. The summed E-state index contributed by atoms with van der Waals surface area (Å²) in [6, 6.07) is -0.832. The van der Waals surface area contributed by atoms with E-state index in [-0.39, 0.29) is 25.0 Å². The molecule has 1 fully saturated rings. The molecule has 3 heterocycles. The van der Waals surface area contributed by atoms with Crippen molar-refractivity contribution >= 4 is 35.9 Å². The fourth-order valence-electron chi connectivity index (χ4n) is 5.56. The SMILES string of the molecule is COC(=O)C1OC(OC(=O)N[C@H](CC(=O)N2CCn3c(nnc3C(F)(F)F)C2)Cc2cc(F)c(F)cc2F)C(OC(C)=O)C(OC(C)=O)C1OC(C)=O. The van der Waals surface area contributed by atoms with Crippen LogP contribution in [-0.4, -0.2) is 106 Å². The molecule has 1 aromatic heterocycles. The molecule has 53 heavy (non-hydrogen) atoms. The third-order valence-corrected chi connectivity index (χ3v) is 7.72. The van der Waals surface area contributed by atoms with Gasteiger partial charge in [-0.05, 0) is 18.1 Å². The topological polar surface area (TPSA) is 204 Å². The summed E-state index contributed by atoms with van der Waals surface area (Å²) in [4.78, 5) is 76.5. The van der Waals surface area contributed by atoms with Crippen molar-refractivity contribution in [2.75, 3.05) is 13.7 Å². The normalized spacial score (nSPS) is 21.8. The van der Waals surface area contributed by atoms with Crippen molar-refractivity contribution in [3.8, 4) is 0 Å². The van der Waals surface area contributed by atoms with E-state index in [9.17, 15) is 55.1 Å². The van der Waals surface area contributed by atoms with E-state index in [4.69, 9.17) is 23.7 Å². The van der Waals surface area contributed by atoms with E-state index in [1.54, 1.807) is 0 Å². The minimum Gasteiger partial charge on any atom is -0.467 e. The van der Waals surface area contributed by atoms with Crippen LogP contribution in [0, 0.1) is 17.5 Å². The number of carbonyl (C=O) groups excluding carboxylic acids is 6. The smallest absolute Gasteiger partial charge is 0.451 e. The number of hydrogen-bond donors (Lipinski definition) is 1. The van der Waals surface area contributed by atoms with E-state index < -0.39 is 127 Å². The lowest BCUT2D eigenvalue weighted by molar-refractivity contribution is -0.288. The Balaban J connectivity index is 1.61. The maximum atomic E-state index is 14.7. The number of fused-ring (bicyclic) bond motifs is 1. The summed E-state index contributed by atoms with van der Waals surface area (Å²) in [5, 5.41) is 8.83. The molecule has 5 unspecified atom stereocenters. The third-order valence-electron chi connectivity index (χ3n) is 7.72. The molecule has 23 heteroatoms. The van der Waals surface area contributed by atoms with E-state index in [1.165, 1.54) is 0 Å². The Morgan fingerprint density at radius 2 is 1.47 bits per heavy atom. The number of benzene rings is 1. The fourth-order valence-corrected chi connectivity index (χ4v) is 5.56. The van der Waals surface area contributed by atoms with Crippen molar-refractivity contribution in [3.63, 3.8) is 0 Å². The predicted molar refractivity (Wildman–Crippen MR) is 156 cm³/mol. The van der Waals surface area contributed by atoms with Crippen molar-refractivity contribution < 1.29 is 83.5 Å². The van der Waals surface area contributed by atoms with Crippen LogP contribution >= 0.6 is 0 Å². The van der Waals surface area contributed by atoms with Crippen molar-refractivity contribution in [1.82, 2.24) is 25.0 Å². The summed E-state index contributed by atoms with van der Waals surface area (Å²) in [5.74, 6) is -10.9. The number of nitrogens with zero attached hydrogens (tertiary/aromatic N) is 4. The second-order valence-electron chi connectivity index (χ2n) is 11.6. The molecule has 0 spiro atoms. The number of amides is 2. The zero-order valence-corrected chi connectivity index (χ0v) is 28.1. The Morgan fingerprint density at radius 1 is 0.868 bits per heavy atom. The quantitative estimate of drug-likeness (QED) is 0.158. The molecule has 290 valence electrons. The van der Waals surface area contributed by atoms with Crippen LogP contribution in [0.4, 0.5) is 31.1 Å². The number of methoxy groups -OCH3 is 1. The van der Waals surface area contributed by atoms with Gasteiger partial charge in [-0.3, -0.25) is 19.2 Å². The molecule has 17 nitrogen and oxygen atoms in total. The maximum absolute atomic E-state index is 14.7. The van der Waals surface area contributed by atoms with Crippen molar-refractivity contribution in [1.29, 1.82) is 0 Å². The number of alkyl halides is 3. The van der Waals surface area contributed by atoms with Gasteiger partial charge >= 0.3 is 36.1 Å². The van der Waals surface area contributed by atoms with E-state index in [0.717, 1.165) is 37.3 Å². The highest BCUT2D eigenvalue weighted by molar-refractivity contribution is 5.79. The molecule has 1 N–H and O–H groups in total. The van der Waals surface area contributed by atoms with Crippen molar-refractivity contribution in [3.05, 3.63) is 46.8 Å². The van der Waals surface area contributed by atoms with Gasteiger partial charge in [0.05, 0.1) is 13.7 Å². The Labute approximate surface area is 294 Å². The molecule has 6 atom stereocenters. The Hall–Kier alpha value is -5.48. The highest BCUT2D eigenvalue weighted by atomic mass is 19.4. The number of carbonyl (C=O) groups is 6. The molecule has 2 aromatic rings. The van der Waals surface area contributed by atoms with Gasteiger partial charge in [0.25, 0.3) is 0 Å². The van der Waals surface area contributed by atoms with Crippen LogP contribution in [0.25, 0.3) is 0 Å².